The largest absolute Gasteiger partial charge is 0.491 e. The van der Waals surface area contributed by atoms with Gasteiger partial charge in [-0.3, -0.25) is 9.69 Å². The van der Waals surface area contributed by atoms with Crippen LogP contribution in [0.3, 0.4) is 0 Å². The maximum Gasteiger partial charge on any atom is 0.321 e. The van der Waals surface area contributed by atoms with E-state index in [9.17, 15) is 9.90 Å². The molecule has 1 aliphatic rings. The van der Waals surface area contributed by atoms with E-state index >= 15 is 0 Å². The zero-order valence-electron chi connectivity index (χ0n) is 11.6. The van der Waals surface area contributed by atoms with Crippen LogP contribution in [0.2, 0.25) is 5.02 Å². The third-order valence-electron chi connectivity index (χ3n) is 3.76. The Hall–Kier alpha value is -1.26. The van der Waals surface area contributed by atoms with E-state index in [-0.39, 0.29) is 5.92 Å². The van der Waals surface area contributed by atoms with E-state index in [2.05, 4.69) is 0 Å². The molecule has 1 aromatic rings. The van der Waals surface area contributed by atoms with Crippen molar-refractivity contribution in [1.82, 2.24) is 4.90 Å². The predicted molar refractivity (Wildman–Crippen MR) is 78.3 cm³/mol. The Bertz CT molecular complexity index is 466. The van der Waals surface area contributed by atoms with Gasteiger partial charge in [-0.2, -0.15) is 0 Å². The molecule has 2 unspecified atom stereocenters. The number of carboxylic acid groups (broad SMARTS) is 1. The summed E-state index contributed by atoms with van der Waals surface area (Å²) in [7, 11) is 0. The van der Waals surface area contributed by atoms with Gasteiger partial charge in [-0.05, 0) is 37.4 Å². The maximum absolute atomic E-state index is 11.4. The molecule has 1 saturated heterocycles. The van der Waals surface area contributed by atoms with Gasteiger partial charge in [0, 0.05) is 6.54 Å². The number of likely N-dealkylation sites (tertiary alicyclic amines) is 1. The number of benzene rings is 1. The van der Waals surface area contributed by atoms with Gasteiger partial charge in [-0.25, -0.2) is 0 Å². The molecule has 1 aromatic carbocycles. The fourth-order valence-corrected chi connectivity index (χ4v) is 2.95. The van der Waals surface area contributed by atoms with Crippen LogP contribution in [0.1, 0.15) is 19.8 Å². The lowest BCUT2D eigenvalue weighted by Gasteiger charge is -2.37. The molecule has 0 spiro atoms. The molecule has 20 heavy (non-hydrogen) atoms. The van der Waals surface area contributed by atoms with Gasteiger partial charge in [0.15, 0.2) is 0 Å². The Morgan fingerprint density at radius 2 is 2.25 bits per heavy atom. The first-order chi connectivity index (χ1) is 9.59. The Balaban J connectivity index is 1.89. The molecule has 1 fully saturated rings. The third-order valence-corrected chi connectivity index (χ3v) is 4.08. The van der Waals surface area contributed by atoms with Crippen molar-refractivity contribution in [3.05, 3.63) is 29.3 Å². The highest BCUT2D eigenvalue weighted by molar-refractivity contribution is 6.32. The lowest BCUT2D eigenvalue weighted by atomic mass is 9.91. The van der Waals surface area contributed by atoms with E-state index in [0.717, 1.165) is 19.4 Å². The Morgan fingerprint density at radius 3 is 2.95 bits per heavy atom. The minimum absolute atomic E-state index is 0.182. The summed E-state index contributed by atoms with van der Waals surface area (Å²) in [6.07, 6.45) is 2.01. The summed E-state index contributed by atoms with van der Waals surface area (Å²) in [4.78, 5) is 13.4. The first-order valence-electron chi connectivity index (χ1n) is 6.94. The summed E-state index contributed by atoms with van der Waals surface area (Å²) in [5.41, 5.74) is 0. The molecule has 5 heteroatoms. The highest BCUT2D eigenvalue weighted by atomic mass is 35.5. The van der Waals surface area contributed by atoms with E-state index < -0.39 is 12.0 Å². The van der Waals surface area contributed by atoms with Gasteiger partial charge >= 0.3 is 5.97 Å². The van der Waals surface area contributed by atoms with Gasteiger partial charge in [0.05, 0.1) is 5.02 Å². The molecule has 1 heterocycles. The Morgan fingerprint density at radius 1 is 1.50 bits per heavy atom. The topological polar surface area (TPSA) is 49.8 Å². The normalized spacial score (nSPS) is 23.5. The van der Waals surface area contributed by atoms with Crippen molar-refractivity contribution >= 4 is 17.6 Å². The van der Waals surface area contributed by atoms with Crippen LogP contribution in [0.15, 0.2) is 24.3 Å². The van der Waals surface area contributed by atoms with Gasteiger partial charge in [-0.15, -0.1) is 0 Å². The van der Waals surface area contributed by atoms with E-state index in [1.807, 2.05) is 30.0 Å². The van der Waals surface area contributed by atoms with Gasteiger partial charge in [0.1, 0.15) is 18.4 Å². The number of hydrogen-bond donors (Lipinski definition) is 1. The van der Waals surface area contributed by atoms with E-state index in [4.69, 9.17) is 16.3 Å². The molecular weight excluding hydrogens is 278 g/mol. The monoisotopic (exact) mass is 297 g/mol. The van der Waals surface area contributed by atoms with Crippen LogP contribution < -0.4 is 4.74 Å². The van der Waals surface area contributed by atoms with Crippen LogP contribution >= 0.6 is 11.6 Å². The van der Waals surface area contributed by atoms with Crippen molar-refractivity contribution in [1.29, 1.82) is 0 Å². The summed E-state index contributed by atoms with van der Waals surface area (Å²) in [5.74, 6) is 0.0857. The first kappa shape index (κ1) is 15.1. The first-order valence-corrected chi connectivity index (χ1v) is 7.31. The number of piperidine rings is 1. The van der Waals surface area contributed by atoms with Crippen molar-refractivity contribution in [2.24, 2.45) is 5.92 Å². The molecule has 0 saturated carbocycles. The van der Waals surface area contributed by atoms with Crippen molar-refractivity contribution in [3.8, 4) is 5.75 Å². The predicted octanol–water partition coefficient (Wildman–Crippen LogP) is 2.90. The molecule has 110 valence electrons. The Labute approximate surface area is 124 Å². The lowest BCUT2D eigenvalue weighted by molar-refractivity contribution is -0.147. The number of aliphatic carboxylic acids is 1. The van der Waals surface area contributed by atoms with Gasteiger partial charge in [0.25, 0.3) is 0 Å². The number of halogens is 1. The van der Waals surface area contributed by atoms with Crippen LogP contribution in [0.25, 0.3) is 0 Å². The average molecular weight is 298 g/mol. The molecule has 0 radical (unpaired) electrons. The minimum atomic E-state index is -0.741. The van der Waals surface area contributed by atoms with Crippen LogP contribution in [-0.4, -0.2) is 41.7 Å². The highest BCUT2D eigenvalue weighted by Crippen LogP contribution is 2.25. The molecule has 1 N–H and O–H groups in total. The van der Waals surface area contributed by atoms with Crippen molar-refractivity contribution in [2.75, 3.05) is 19.7 Å². The second kappa shape index (κ2) is 6.95. The summed E-state index contributed by atoms with van der Waals surface area (Å²) in [6.45, 7) is 3.86. The molecular formula is C15H20ClNO3. The lowest BCUT2D eigenvalue weighted by Crippen LogP contribution is -2.50. The van der Waals surface area contributed by atoms with Crippen LogP contribution in [0, 0.1) is 5.92 Å². The Kier molecular flexibility index (Phi) is 5.26. The van der Waals surface area contributed by atoms with Crippen molar-refractivity contribution < 1.29 is 14.6 Å². The summed E-state index contributed by atoms with van der Waals surface area (Å²) in [5, 5.41) is 9.91. The molecule has 2 atom stereocenters. The van der Waals surface area contributed by atoms with Crippen LogP contribution in [0.5, 0.6) is 5.75 Å². The number of carbonyl (C=O) groups is 1. The number of carboxylic acids is 1. The molecule has 0 aliphatic carbocycles. The van der Waals surface area contributed by atoms with Crippen molar-refractivity contribution in [3.63, 3.8) is 0 Å². The minimum Gasteiger partial charge on any atom is -0.491 e. The van der Waals surface area contributed by atoms with Crippen molar-refractivity contribution in [2.45, 2.75) is 25.8 Å². The molecule has 1 aliphatic heterocycles. The molecule has 2 rings (SSSR count). The van der Waals surface area contributed by atoms with E-state index in [1.165, 1.54) is 0 Å². The number of hydrogen-bond acceptors (Lipinski definition) is 3. The summed E-state index contributed by atoms with van der Waals surface area (Å²) >= 11 is 6.02. The quantitative estimate of drug-likeness (QED) is 0.908. The molecule has 0 amide bonds. The fourth-order valence-electron chi connectivity index (χ4n) is 2.76. The van der Waals surface area contributed by atoms with Crippen LogP contribution in [-0.2, 0) is 4.79 Å². The van der Waals surface area contributed by atoms with E-state index in [0.29, 0.717) is 23.9 Å². The molecule has 0 bridgehead atoms. The average Bonchev–Trinajstić information content (AvgIpc) is 2.40. The van der Waals surface area contributed by atoms with E-state index in [1.54, 1.807) is 6.07 Å². The third kappa shape index (κ3) is 3.64. The smallest absolute Gasteiger partial charge is 0.321 e. The maximum atomic E-state index is 11.4. The SMILES string of the molecule is CC1CCCN(CCOc2ccccc2Cl)C1C(=O)O. The zero-order chi connectivity index (χ0) is 14.5. The fraction of sp³-hybridized carbons (Fsp3) is 0.533. The standard InChI is InChI=1S/C15H20ClNO3/c1-11-5-4-8-17(14(11)15(18)19)9-10-20-13-7-3-2-6-12(13)16/h2-3,6-7,11,14H,4-5,8-10H2,1H3,(H,18,19). The second-order valence-electron chi connectivity index (χ2n) is 5.22. The number of para-hydroxylation sites is 1. The summed E-state index contributed by atoms with van der Waals surface area (Å²) < 4.78 is 5.64. The highest BCUT2D eigenvalue weighted by Gasteiger charge is 2.33. The zero-order valence-corrected chi connectivity index (χ0v) is 12.3. The molecule has 0 aromatic heterocycles. The van der Waals surface area contributed by atoms with Gasteiger partial charge in [-0.1, -0.05) is 30.7 Å². The van der Waals surface area contributed by atoms with Gasteiger partial charge < -0.3 is 9.84 Å². The second-order valence-corrected chi connectivity index (χ2v) is 5.62. The number of nitrogens with zero attached hydrogens (tertiary/aromatic N) is 1. The molecule has 4 nitrogen and oxygen atoms in total. The summed E-state index contributed by atoms with van der Waals surface area (Å²) in [6, 6.07) is 6.90. The number of ether oxygens (including phenoxy) is 1. The number of rotatable bonds is 5. The van der Waals surface area contributed by atoms with Crippen LogP contribution in [0.4, 0.5) is 0 Å². The van der Waals surface area contributed by atoms with Gasteiger partial charge in [0.2, 0.25) is 0 Å².